The van der Waals surface area contributed by atoms with Gasteiger partial charge in [0.2, 0.25) is 11.8 Å². The van der Waals surface area contributed by atoms with Crippen LogP contribution in [-0.4, -0.2) is 65.1 Å². The minimum Gasteiger partial charge on any atom is -0.338 e. The summed E-state index contributed by atoms with van der Waals surface area (Å²) in [5, 5.41) is 0. The second kappa shape index (κ2) is 13.2. The molecule has 0 spiro atoms. The van der Waals surface area contributed by atoms with Crippen molar-refractivity contribution in [1.29, 1.82) is 0 Å². The lowest BCUT2D eigenvalue weighted by molar-refractivity contribution is -0.128. The predicted octanol–water partition coefficient (Wildman–Crippen LogP) is 4.99. The summed E-state index contributed by atoms with van der Waals surface area (Å²) in [4.78, 5) is 46.0. The van der Waals surface area contributed by atoms with Crippen molar-refractivity contribution in [2.45, 2.75) is 45.8 Å². The Kier molecular flexibility index (Phi) is 9.27. The zero-order valence-electron chi connectivity index (χ0n) is 23.9. The quantitative estimate of drug-likeness (QED) is 0.431. The molecule has 2 heterocycles. The Labute approximate surface area is 245 Å². The van der Waals surface area contributed by atoms with E-state index in [1.807, 2.05) is 36.4 Å². The van der Waals surface area contributed by atoms with Gasteiger partial charge in [0.1, 0.15) is 0 Å². The van der Waals surface area contributed by atoms with Crippen LogP contribution < -0.4 is 4.90 Å². The number of likely N-dealkylation sites (tertiary alicyclic amines) is 1. The Hall–Kier alpha value is -4.11. The number of carbonyl (C=O) groups excluding carboxylic acids is 3. The monoisotopic (exact) mass is 574 g/mol. The summed E-state index contributed by atoms with van der Waals surface area (Å²) in [6.45, 7) is 5.11. The van der Waals surface area contributed by atoms with Crippen LogP contribution in [0.3, 0.4) is 0 Å². The van der Waals surface area contributed by atoms with Gasteiger partial charge in [0.05, 0.1) is 5.69 Å². The van der Waals surface area contributed by atoms with Crippen molar-refractivity contribution in [2.75, 3.05) is 37.6 Å². The second-order valence-electron chi connectivity index (χ2n) is 11.0. The summed E-state index contributed by atoms with van der Waals surface area (Å²) >= 11 is 0. The molecule has 0 unspecified atom stereocenters. The maximum absolute atomic E-state index is 14.5. The van der Waals surface area contributed by atoms with Gasteiger partial charge in [-0.1, -0.05) is 42.5 Å². The van der Waals surface area contributed by atoms with Crippen molar-refractivity contribution in [2.24, 2.45) is 0 Å². The molecular formula is C33H36F2N4O3. The van der Waals surface area contributed by atoms with Gasteiger partial charge in [-0.25, -0.2) is 8.78 Å². The lowest BCUT2D eigenvalue weighted by Crippen LogP contribution is -2.38. The molecule has 0 aromatic heterocycles. The maximum atomic E-state index is 14.5. The summed E-state index contributed by atoms with van der Waals surface area (Å²) in [6.07, 6.45) is 1.99. The SMILES string of the molecule is CC(=O)N1CCCN(Cc2ccccc2)CCN(C(=O)c2cccc(CN3CCCC3=O)c2)Cc2cc(F)c(F)cc21. The van der Waals surface area contributed by atoms with Crippen LogP contribution in [0.4, 0.5) is 14.5 Å². The molecule has 5 rings (SSSR count). The van der Waals surface area contributed by atoms with E-state index < -0.39 is 11.6 Å². The van der Waals surface area contributed by atoms with Crippen molar-refractivity contribution in [3.05, 3.63) is 101 Å². The van der Waals surface area contributed by atoms with Gasteiger partial charge in [0.15, 0.2) is 11.6 Å². The molecule has 1 fully saturated rings. The van der Waals surface area contributed by atoms with Crippen molar-refractivity contribution in [1.82, 2.24) is 14.7 Å². The molecule has 2 aliphatic rings. The molecule has 0 atom stereocenters. The topological polar surface area (TPSA) is 64.2 Å². The van der Waals surface area contributed by atoms with Crippen LogP contribution in [0.15, 0.2) is 66.7 Å². The van der Waals surface area contributed by atoms with E-state index in [0.29, 0.717) is 69.8 Å². The number of halogens is 2. The lowest BCUT2D eigenvalue weighted by Gasteiger charge is -2.28. The standard InChI is InChI=1S/C33H36F2N4O3/c1-24(40)39-15-7-13-36(21-25-8-3-2-4-9-25)16-17-38(23-28-19-29(34)30(35)20-31(28)39)33(42)27-11-5-10-26(18-27)22-37-14-6-12-32(37)41/h2-5,8-11,18-20H,6-7,12-17,21-23H2,1H3. The van der Waals surface area contributed by atoms with E-state index in [1.54, 1.807) is 28.0 Å². The summed E-state index contributed by atoms with van der Waals surface area (Å²) in [7, 11) is 0. The average molecular weight is 575 g/mol. The number of nitrogens with zero attached hydrogens (tertiary/aromatic N) is 4. The van der Waals surface area contributed by atoms with E-state index in [2.05, 4.69) is 4.90 Å². The number of anilines is 1. The molecule has 3 aromatic rings. The third-order valence-corrected chi connectivity index (χ3v) is 7.95. The average Bonchev–Trinajstić information content (AvgIpc) is 3.37. The fourth-order valence-electron chi connectivity index (χ4n) is 5.76. The Morgan fingerprint density at radius 1 is 0.786 bits per heavy atom. The number of fused-ring (bicyclic) bond motifs is 1. The van der Waals surface area contributed by atoms with E-state index in [-0.39, 0.29) is 30.0 Å². The van der Waals surface area contributed by atoms with Crippen LogP contribution in [0, 0.1) is 11.6 Å². The molecule has 3 aromatic carbocycles. The molecular weight excluding hydrogens is 538 g/mol. The van der Waals surface area contributed by atoms with Crippen molar-refractivity contribution in [3.8, 4) is 0 Å². The fraction of sp³-hybridized carbons (Fsp3) is 0.364. The van der Waals surface area contributed by atoms with Crippen LogP contribution >= 0.6 is 0 Å². The molecule has 7 nitrogen and oxygen atoms in total. The van der Waals surface area contributed by atoms with Gasteiger partial charge >= 0.3 is 0 Å². The molecule has 0 aliphatic carbocycles. The van der Waals surface area contributed by atoms with Crippen LogP contribution in [0.1, 0.15) is 53.2 Å². The van der Waals surface area contributed by atoms with Crippen molar-refractivity contribution in [3.63, 3.8) is 0 Å². The molecule has 0 saturated carbocycles. The number of rotatable bonds is 5. The van der Waals surface area contributed by atoms with Crippen molar-refractivity contribution < 1.29 is 23.2 Å². The summed E-state index contributed by atoms with van der Waals surface area (Å²) in [5.74, 6) is -2.49. The largest absolute Gasteiger partial charge is 0.338 e. The van der Waals surface area contributed by atoms with Gasteiger partial charge in [-0.05, 0) is 47.7 Å². The number of amides is 3. The predicted molar refractivity (Wildman–Crippen MR) is 157 cm³/mol. The zero-order valence-corrected chi connectivity index (χ0v) is 23.9. The number of benzene rings is 3. The van der Waals surface area contributed by atoms with Crippen LogP contribution in [-0.2, 0) is 29.2 Å². The maximum Gasteiger partial charge on any atom is 0.254 e. The summed E-state index contributed by atoms with van der Waals surface area (Å²) in [6, 6.07) is 19.4. The third-order valence-electron chi connectivity index (χ3n) is 7.95. The zero-order chi connectivity index (χ0) is 29.6. The minimum absolute atomic E-state index is 0.00314. The van der Waals surface area contributed by atoms with Gasteiger partial charge in [-0.3, -0.25) is 19.3 Å². The summed E-state index contributed by atoms with van der Waals surface area (Å²) < 4.78 is 29.0. The highest BCUT2D eigenvalue weighted by atomic mass is 19.2. The van der Waals surface area contributed by atoms with Crippen molar-refractivity contribution >= 4 is 23.4 Å². The first kappa shape index (κ1) is 29.4. The first-order chi connectivity index (χ1) is 20.3. The highest BCUT2D eigenvalue weighted by Crippen LogP contribution is 2.28. The molecule has 0 N–H and O–H groups in total. The number of hydrogen-bond acceptors (Lipinski definition) is 4. The van der Waals surface area contributed by atoms with Crippen LogP contribution in [0.5, 0.6) is 0 Å². The highest BCUT2D eigenvalue weighted by molar-refractivity contribution is 5.95. The molecule has 220 valence electrons. The van der Waals surface area contributed by atoms with Crippen LogP contribution in [0.2, 0.25) is 0 Å². The molecule has 2 aliphatic heterocycles. The molecule has 0 radical (unpaired) electrons. The van der Waals surface area contributed by atoms with E-state index in [4.69, 9.17) is 0 Å². The molecule has 1 saturated heterocycles. The van der Waals surface area contributed by atoms with Crippen LogP contribution in [0.25, 0.3) is 0 Å². The van der Waals surface area contributed by atoms with Gasteiger partial charge in [-0.15, -0.1) is 0 Å². The van der Waals surface area contributed by atoms with E-state index in [9.17, 15) is 23.2 Å². The smallest absolute Gasteiger partial charge is 0.254 e. The second-order valence-corrected chi connectivity index (χ2v) is 11.0. The van der Waals surface area contributed by atoms with Gasteiger partial charge in [0.25, 0.3) is 5.91 Å². The molecule has 0 bridgehead atoms. The van der Waals surface area contributed by atoms with E-state index >= 15 is 0 Å². The first-order valence-corrected chi connectivity index (χ1v) is 14.5. The van der Waals surface area contributed by atoms with Gasteiger partial charge in [-0.2, -0.15) is 0 Å². The molecule has 3 amide bonds. The number of hydrogen-bond donors (Lipinski definition) is 0. The Balaban J connectivity index is 1.47. The molecule has 9 heteroatoms. The minimum atomic E-state index is -1.04. The van der Waals surface area contributed by atoms with E-state index in [0.717, 1.165) is 29.7 Å². The number of carbonyl (C=O) groups is 3. The Bertz CT molecular complexity index is 1450. The normalized spacial score (nSPS) is 16.7. The Morgan fingerprint density at radius 2 is 1.55 bits per heavy atom. The highest BCUT2D eigenvalue weighted by Gasteiger charge is 2.26. The van der Waals surface area contributed by atoms with Gasteiger partial charge in [0, 0.05) is 77.3 Å². The Morgan fingerprint density at radius 3 is 2.29 bits per heavy atom. The van der Waals surface area contributed by atoms with E-state index in [1.165, 1.54) is 11.8 Å². The third kappa shape index (κ3) is 7.02. The molecule has 42 heavy (non-hydrogen) atoms. The first-order valence-electron chi connectivity index (χ1n) is 14.5. The summed E-state index contributed by atoms with van der Waals surface area (Å²) in [5.41, 5.74) is 3.09. The van der Waals surface area contributed by atoms with Gasteiger partial charge < -0.3 is 14.7 Å². The fourth-order valence-corrected chi connectivity index (χ4v) is 5.76. The lowest BCUT2D eigenvalue weighted by atomic mass is 10.1.